The minimum Gasteiger partial charge on any atom is -0.280 e. The normalized spacial score (nSPS) is 11.7. The maximum atomic E-state index is 12.8. The average molecular weight is 463 g/mol. The van der Waals surface area contributed by atoms with E-state index < -0.39 is 10.0 Å². The quantitative estimate of drug-likeness (QED) is 0.367. The van der Waals surface area contributed by atoms with Gasteiger partial charge in [0.1, 0.15) is 5.01 Å². The number of hydrogen-bond donors (Lipinski definition) is 1. The van der Waals surface area contributed by atoms with Crippen molar-refractivity contribution in [2.45, 2.75) is 18.7 Å². The predicted octanol–water partition coefficient (Wildman–Crippen LogP) is 6.69. The summed E-state index contributed by atoms with van der Waals surface area (Å²) in [5, 5.41) is 1.81. The van der Waals surface area contributed by atoms with E-state index in [9.17, 15) is 8.42 Å². The van der Waals surface area contributed by atoms with Gasteiger partial charge in [0.25, 0.3) is 10.0 Å². The van der Waals surface area contributed by atoms with Crippen LogP contribution in [0.2, 0.25) is 10.0 Å². The fourth-order valence-electron chi connectivity index (χ4n) is 2.97. The fraction of sp³-hybridized carbons (Fsp3) is 0.0952. The Kier molecular flexibility index (Phi) is 5.29. The second kappa shape index (κ2) is 7.61. The molecular formula is C21H16Cl2N2O2S2. The highest BCUT2D eigenvalue weighted by atomic mass is 35.5. The summed E-state index contributed by atoms with van der Waals surface area (Å²) >= 11 is 14.0. The Balaban J connectivity index is 1.67. The van der Waals surface area contributed by atoms with Crippen molar-refractivity contribution in [3.63, 3.8) is 0 Å². The Hall–Kier alpha value is -2.12. The molecule has 1 aromatic heterocycles. The third kappa shape index (κ3) is 4.12. The molecule has 148 valence electrons. The van der Waals surface area contributed by atoms with Gasteiger partial charge in [-0.05, 0) is 67.4 Å². The zero-order chi connectivity index (χ0) is 20.8. The first-order valence-electron chi connectivity index (χ1n) is 8.69. The van der Waals surface area contributed by atoms with Crippen molar-refractivity contribution in [1.29, 1.82) is 0 Å². The monoisotopic (exact) mass is 462 g/mol. The van der Waals surface area contributed by atoms with E-state index >= 15 is 0 Å². The first-order valence-corrected chi connectivity index (χ1v) is 11.7. The van der Waals surface area contributed by atoms with Crippen molar-refractivity contribution in [3.8, 4) is 10.6 Å². The van der Waals surface area contributed by atoms with Crippen LogP contribution in [-0.2, 0) is 10.0 Å². The number of nitrogens with zero attached hydrogens (tertiary/aromatic N) is 1. The summed E-state index contributed by atoms with van der Waals surface area (Å²) in [4.78, 5) is 4.85. The smallest absolute Gasteiger partial charge is 0.262 e. The molecule has 4 rings (SSSR count). The first-order chi connectivity index (χ1) is 13.7. The lowest BCUT2D eigenvalue weighted by Crippen LogP contribution is -2.14. The third-order valence-electron chi connectivity index (χ3n) is 4.44. The molecule has 1 heterocycles. The van der Waals surface area contributed by atoms with Gasteiger partial charge in [0.05, 0.1) is 25.8 Å². The molecule has 0 saturated carbocycles. The van der Waals surface area contributed by atoms with Crippen LogP contribution in [0.5, 0.6) is 0 Å². The van der Waals surface area contributed by atoms with Crippen LogP contribution in [0.4, 0.5) is 5.69 Å². The lowest BCUT2D eigenvalue weighted by Gasteiger charge is -2.12. The number of nitrogens with one attached hydrogen (secondary N) is 1. The van der Waals surface area contributed by atoms with E-state index in [-0.39, 0.29) is 4.90 Å². The molecule has 0 saturated heterocycles. The number of fused-ring (bicyclic) bond motifs is 1. The van der Waals surface area contributed by atoms with Crippen LogP contribution in [0.3, 0.4) is 0 Å². The largest absolute Gasteiger partial charge is 0.280 e. The molecule has 8 heteroatoms. The molecule has 0 spiro atoms. The maximum absolute atomic E-state index is 12.8. The SMILES string of the molecule is Cc1ccc(C)c(S(=O)(=O)Nc2ccc(-c3nc4ccc(Cl)cc4s3)c(Cl)c2)c1. The molecule has 0 unspecified atom stereocenters. The van der Waals surface area contributed by atoms with Crippen molar-refractivity contribution < 1.29 is 8.42 Å². The molecule has 4 aromatic rings. The molecule has 4 nitrogen and oxygen atoms in total. The van der Waals surface area contributed by atoms with E-state index in [1.165, 1.54) is 11.3 Å². The van der Waals surface area contributed by atoms with Crippen molar-refractivity contribution in [2.75, 3.05) is 4.72 Å². The Bertz CT molecular complexity index is 1350. The number of hydrogen-bond acceptors (Lipinski definition) is 4. The summed E-state index contributed by atoms with van der Waals surface area (Å²) in [6.07, 6.45) is 0. The van der Waals surface area contributed by atoms with Crippen LogP contribution in [0.15, 0.2) is 59.5 Å². The van der Waals surface area contributed by atoms with Crippen LogP contribution in [0, 0.1) is 13.8 Å². The minimum absolute atomic E-state index is 0.251. The van der Waals surface area contributed by atoms with Gasteiger partial charge in [-0.3, -0.25) is 4.72 Å². The van der Waals surface area contributed by atoms with Gasteiger partial charge in [0, 0.05) is 10.6 Å². The molecule has 1 N–H and O–H groups in total. The van der Waals surface area contributed by atoms with Crippen LogP contribution < -0.4 is 4.72 Å². The summed E-state index contributed by atoms with van der Waals surface area (Å²) in [5.74, 6) is 0. The highest BCUT2D eigenvalue weighted by Crippen LogP contribution is 2.36. The van der Waals surface area contributed by atoms with E-state index in [0.717, 1.165) is 26.4 Å². The topological polar surface area (TPSA) is 59.1 Å². The van der Waals surface area contributed by atoms with E-state index in [0.29, 0.717) is 21.3 Å². The van der Waals surface area contributed by atoms with Crippen LogP contribution in [-0.4, -0.2) is 13.4 Å². The van der Waals surface area contributed by atoms with Crippen LogP contribution in [0.1, 0.15) is 11.1 Å². The van der Waals surface area contributed by atoms with E-state index in [4.69, 9.17) is 23.2 Å². The van der Waals surface area contributed by atoms with Crippen molar-refractivity contribution in [1.82, 2.24) is 4.98 Å². The predicted molar refractivity (Wildman–Crippen MR) is 122 cm³/mol. The number of aryl methyl sites for hydroxylation is 2. The third-order valence-corrected chi connectivity index (χ3v) is 7.56. The molecule has 0 fully saturated rings. The zero-order valence-corrected chi connectivity index (χ0v) is 18.7. The lowest BCUT2D eigenvalue weighted by molar-refractivity contribution is 0.600. The Morgan fingerprint density at radius 1 is 0.966 bits per heavy atom. The highest BCUT2D eigenvalue weighted by Gasteiger charge is 2.18. The van der Waals surface area contributed by atoms with Gasteiger partial charge in [0.15, 0.2) is 0 Å². The number of sulfonamides is 1. The molecule has 0 amide bonds. The van der Waals surface area contributed by atoms with Crippen molar-refractivity contribution in [2.24, 2.45) is 0 Å². The second-order valence-electron chi connectivity index (χ2n) is 6.70. The van der Waals surface area contributed by atoms with Gasteiger partial charge in [-0.1, -0.05) is 35.3 Å². The van der Waals surface area contributed by atoms with E-state index in [2.05, 4.69) is 9.71 Å². The lowest BCUT2D eigenvalue weighted by atomic mass is 10.2. The Morgan fingerprint density at radius 2 is 1.76 bits per heavy atom. The second-order valence-corrected chi connectivity index (χ2v) is 10.2. The summed E-state index contributed by atoms with van der Waals surface area (Å²) in [6.45, 7) is 3.62. The number of rotatable bonds is 4. The van der Waals surface area contributed by atoms with Gasteiger partial charge in [-0.2, -0.15) is 0 Å². The summed E-state index contributed by atoms with van der Waals surface area (Å²) in [5.41, 5.74) is 3.52. The van der Waals surface area contributed by atoms with E-state index in [1.807, 2.05) is 25.1 Å². The molecule has 0 aliphatic carbocycles. The van der Waals surface area contributed by atoms with Gasteiger partial charge in [-0.15, -0.1) is 11.3 Å². The fourth-order valence-corrected chi connectivity index (χ4v) is 5.96. The Labute approximate surface area is 183 Å². The number of aromatic nitrogens is 1. The van der Waals surface area contributed by atoms with Crippen molar-refractivity contribution >= 4 is 60.5 Å². The van der Waals surface area contributed by atoms with Crippen molar-refractivity contribution in [3.05, 3.63) is 75.8 Å². The standard InChI is InChI=1S/C21H16Cl2N2O2S2/c1-12-3-4-13(2)20(9-12)29(26,27)25-15-6-7-16(17(23)11-15)21-24-18-8-5-14(22)10-19(18)28-21/h3-11,25H,1-2H3. The number of thiazole rings is 1. The summed E-state index contributed by atoms with van der Waals surface area (Å²) in [6, 6.07) is 15.9. The highest BCUT2D eigenvalue weighted by molar-refractivity contribution is 7.92. The van der Waals surface area contributed by atoms with Gasteiger partial charge >= 0.3 is 0 Å². The average Bonchev–Trinajstić information content (AvgIpc) is 3.06. The first kappa shape index (κ1) is 20.2. The molecule has 0 radical (unpaired) electrons. The Morgan fingerprint density at radius 3 is 2.52 bits per heavy atom. The molecule has 29 heavy (non-hydrogen) atoms. The molecule has 0 aliphatic heterocycles. The molecule has 0 aliphatic rings. The van der Waals surface area contributed by atoms with Gasteiger partial charge < -0.3 is 0 Å². The maximum Gasteiger partial charge on any atom is 0.262 e. The molecule has 0 bridgehead atoms. The summed E-state index contributed by atoms with van der Waals surface area (Å²) < 4.78 is 29.2. The number of halogens is 2. The summed E-state index contributed by atoms with van der Waals surface area (Å²) in [7, 11) is -3.72. The number of benzene rings is 3. The zero-order valence-electron chi connectivity index (χ0n) is 15.5. The molecule has 0 atom stereocenters. The van der Waals surface area contributed by atoms with Crippen LogP contribution in [0.25, 0.3) is 20.8 Å². The number of anilines is 1. The van der Waals surface area contributed by atoms with E-state index in [1.54, 1.807) is 43.3 Å². The van der Waals surface area contributed by atoms with Gasteiger partial charge in [0.2, 0.25) is 0 Å². The molecular weight excluding hydrogens is 447 g/mol. The van der Waals surface area contributed by atoms with Crippen LogP contribution >= 0.6 is 34.5 Å². The minimum atomic E-state index is -3.72. The van der Waals surface area contributed by atoms with Gasteiger partial charge in [-0.25, -0.2) is 13.4 Å². The molecule has 3 aromatic carbocycles.